The molecule has 2 N–H and O–H groups in total. The molecule has 2 rings (SSSR count). The second kappa shape index (κ2) is 6.21. The highest BCUT2D eigenvalue weighted by molar-refractivity contribution is 9.10. The van der Waals surface area contributed by atoms with Crippen LogP contribution >= 0.6 is 15.9 Å². The number of rotatable bonds is 4. The van der Waals surface area contributed by atoms with Crippen LogP contribution < -0.4 is 10.9 Å². The fraction of sp³-hybridized carbons (Fsp3) is 0.462. The zero-order valence-electron chi connectivity index (χ0n) is 10.7. The predicted molar refractivity (Wildman–Crippen MR) is 75.3 cm³/mol. The normalized spacial score (nSPS) is 21.6. The van der Waals surface area contributed by atoms with Crippen LogP contribution in [0.2, 0.25) is 0 Å². The number of hydrogen-bond donors (Lipinski definition) is 2. The molecule has 1 saturated carbocycles. The number of carboxylic acids is 1. The van der Waals surface area contributed by atoms with Crippen molar-refractivity contribution in [2.24, 2.45) is 5.92 Å². The van der Waals surface area contributed by atoms with Crippen molar-refractivity contribution in [1.29, 1.82) is 0 Å². The van der Waals surface area contributed by atoms with Crippen molar-refractivity contribution in [3.63, 3.8) is 0 Å². The van der Waals surface area contributed by atoms with Gasteiger partial charge in [-0.25, -0.2) is 0 Å². The van der Waals surface area contributed by atoms with Crippen LogP contribution in [-0.2, 0) is 16.1 Å². The number of hydrogen-bond acceptors (Lipinski definition) is 3. The molecule has 0 spiro atoms. The quantitative estimate of drug-likeness (QED) is 0.853. The van der Waals surface area contributed by atoms with Gasteiger partial charge in [-0.3, -0.25) is 14.4 Å². The zero-order chi connectivity index (χ0) is 14.7. The molecule has 1 aliphatic carbocycles. The monoisotopic (exact) mass is 342 g/mol. The molecule has 1 amide bonds. The Kier molecular flexibility index (Phi) is 4.59. The molecule has 20 heavy (non-hydrogen) atoms. The molecule has 0 bridgehead atoms. The third kappa shape index (κ3) is 3.69. The Morgan fingerprint density at radius 1 is 1.40 bits per heavy atom. The van der Waals surface area contributed by atoms with Gasteiger partial charge in [0.05, 0.1) is 5.92 Å². The summed E-state index contributed by atoms with van der Waals surface area (Å²) in [7, 11) is 0. The Morgan fingerprint density at radius 2 is 2.15 bits per heavy atom. The van der Waals surface area contributed by atoms with E-state index in [0.717, 1.165) is 4.47 Å². The maximum Gasteiger partial charge on any atom is 0.306 e. The van der Waals surface area contributed by atoms with Crippen LogP contribution in [0.15, 0.2) is 27.6 Å². The summed E-state index contributed by atoms with van der Waals surface area (Å²) >= 11 is 3.24. The van der Waals surface area contributed by atoms with Crippen LogP contribution in [0.1, 0.15) is 19.3 Å². The Morgan fingerprint density at radius 3 is 2.80 bits per heavy atom. The van der Waals surface area contributed by atoms with Gasteiger partial charge in [0.25, 0.3) is 5.56 Å². The standard InChI is InChI=1S/C13H15BrN2O4/c14-9-2-4-12(18)16(6-9)7-11(17)15-10-3-1-8(5-10)13(19)20/h2,4,6,8,10H,1,3,5,7H2,(H,15,17)(H,19,20). The van der Waals surface area contributed by atoms with Crippen LogP contribution in [0.5, 0.6) is 0 Å². The molecule has 1 aromatic rings. The number of halogens is 1. The van der Waals surface area contributed by atoms with E-state index in [9.17, 15) is 14.4 Å². The smallest absolute Gasteiger partial charge is 0.306 e. The van der Waals surface area contributed by atoms with Crippen molar-refractivity contribution in [1.82, 2.24) is 9.88 Å². The summed E-state index contributed by atoms with van der Waals surface area (Å²) in [6.45, 7) is -0.0630. The number of aromatic nitrogens is 1. The van der Waals surface area contributed by atoms with E-state index in [1.165, 1.54) is 10.6 Å². The van der Waals surface area contributed by atoms with E-state index in [4.69, 9.17) is 5.11 Å². The first-order valence-corrected chi connectivity index (χ1v) is 7.13. The average molecular weight is 343 g/mol. The Bertz CT molecular complexity index is 584. The molecule has 0 aromatic carbocycles. The first-order chi connectivity index (χ1) is 9.45. The van der Waals surface area contributed by atoms with Gasteiger partial charge in [0.15, 0.2) is 0 Å². The van der Waals surface area contributed by atoms with E-state index in [-0.39, 0.29) is 30.0 Å². The number of amides is 1. The molecule has 2 unspecified atom stereocenters. The third-order valence-electron chi connectivity index (χ3n) is 3.41. The highest BCUT2D eigenvalue weighted by Crippen LogP contribution is 2.25. The fourth-order valence-electron chi connectivity index (χ4n) is 2.39. The second-order valence-electron chi connectivity index (χ2n) is 4.93. The molecule has 0 aliphatic heterocycles. The minimum absolute atomic E-state index is 0.0630. The number of aliphatic carboxylic acids is 1. The van der Waals surface area contributed by atoms with Gasteiger partial charge in [-0.05, 0) is 41.3 Å². The number of carbonyl (C=O) groups is 2. The molecular formula is C13H15BrN2O4. The summed E-state index contributed by atoms with van der Waals surface area (Å²) in [6.07, 6.45) is 3.25. The van der Waals surface area contributed by atoms with Gasteiger partial charge in [0, 0.05) is 22.8 Å². The van der Waals surface area contributed by atoms with Gasteiger partial charge < -0.3 is 15.0 Å². The van der Waals surface area contributed by atoms with Crippen LogP contribution in [0, 0.1) is 5.92 Å². The van der Waals surface area contributed by atoms with E-state index in [1.54, 1.807) is 12.3 Å². The maximum atomic E-state index is 11.9. The summed E-state index contributed by atoms with van der Waals surface area (Å²) in [6, 6.07) is 2.88. The van der Waals surface area contributed by atoms with Gasteiger partial charge in [-0.15, -0.1) is 0 Å². The van der Waals surface area contributed by atoms with Crippen molar-refractivity contribution in [2.75, 3.05) is 0 Å². The highest BCUT2D eigenvalue weighted by Gasteiger charge is 2.30. The van der Waals surface area contributed by atoms with E-state index in [2.05, 4.69) is 21.2 Å². The molecule has 108 valence electrons. The first-order valence-electron chi connectivity index (χ1n) is 6.34. The number of pyridine rings is 1. The lowest BCUT2D eigenvalue weighted by molar-refractivity contribution is -0.141. The lowest BCUT2D eigenvalue weighted by atomic mass is 10.1. The average Bonchev–Trinajstić information content (AvgIpc) is 2.82. The van der Waals surface area contributed by atoms with Crippen LogP contribution in [0.25, 0.3) is 0 Å². The minimum atomic E-state index is -0.815. The Hall–Kier alpha value is -1.63. The van der Waals surface area contributed by atoms with E-state index in [1.807, 2.05) is 0 Å². The van der Waals surface area contributed by atoms with Crippen molar-refractivity contribution in [3.8, 4) is 0 Å². The summed E-state index contributed by atoms with van der Waals surface area (Å²) in [5.41, 5.74) is -0.252. The van der Waals surface area contributed by atoms with Crippen LogP contribution in [0.3, 0.4) is 0 Å². The topological polar surface area (TPSA) is 88.4 Å². The minimum Gasteiger partial charge on any atom is -0.481 e. The molecule has 6 nitrogen and oxygen atoms in total. The number of carbonyl (C=O) groups excluding carboxylic acids is 1. The molecule has 2 atom stereocenters. The molecule has 7 heteroatoms. The molecule has 1 fully saturated rings. The molecule has 0 saturated heterocycles. The predicted octanol–water partition coefficient (Wildman–Crippen LogP) is 0.980. The lowest BCUT2D eigenvalue weighted by Gasteiger charge is -2.13. The van der Waals surface area contributed by atoms with Gasteiger partial charge in [0.1, 0.15) is 6.54 Å². The molecule has 1 heterocycles. The summed E-state index contributed by atoms with van der Waals surface area (Å²) in [5.74, 6) is -1.47. The fourth-order valence-corrected chi connectivity index (χ4v) is 2.77. The van der Waals surface area contributed by atoms with Crippen LogP contribution in [0.4, 0.5) is 0 Å². The van der Waals surface area contributed by atoms with Gasteiger partial charge in [-0.2, -0.15) is 0 Å². The number of nitrogens with one attached hydrogen (secondary N) is 1. The summed E-state index contributed by atoms with van der Waals surface area (Å²) in [4.78, 5) is 34.3. The molecule has 1 aromatic heterocycles. The van der Waals surface area contributed by atoms with Crippen molar-refractivity contribution in [2.45, 2.75) is 31.8 Å². The summed E-state index contributed by atoms with van der Waals surface area (Å²) < 4.78 is 2.03. The van der Waals surface area contributed by atoms with Gasteiger partial charge in [0.2, 0.25) is 5.91 Å². The highest BCUT2D eigenvalue weighted by atomic mass is 79.9. The molecular weight excluding hydrogens is 328 g/mol. The third-order valence-corrected chi connectivity index (χ3v) is 3.88. The second-order valence-corrected chi connectivity index (χ2v) is 5.84. The Labute approximate surface area is 123 Å². The van der Waals surface area contributed by atoms with Gasteiger partial charge in [-0.1, -0.05) is 0 Å². The van der Waals surface area contributed by atoms with Crippen LogP contribution in [-0.4, -0.2) is 27.6 Å². The van der Waals surface area contributed by atoms with Gasteiger partial charge >= 0.3 is 5.97 Å². The van der Waals surface area contributed by atoms with Crippen molar-refractivity contribution >= 4 is 27.8 Å². The number of nitrogens with zero attached hydrogens (tertiary/aromatic N) is 1. The zero-order valence-corrected chi connectivity index (χ0v) is 12.3. The number of carboxylic acid groups (broad SMARTS) is 1. The van der Waals surface area contributed by atoms with Crippen molar-refractivity contribution < 1.29 is 14.7 Å². The van der Waals surface area contributed by atoms with Crippen molar-refractivity contribution in [3.05, 3.63) is 33.2 Å². The summed E-state index contributed by atoms with van der Waals surface area (Å²) in [5, 5.41) is 11.7. The SMILES string of the molecule is O=C(Cn1cc(Br)ccc1=O)NC1CCC(C(=O)O)C1. The molecule has 1 aliphatic rings. The largest absolute Gasteiger partial charge is 0.481 e. The van der Waals surface area contributed by atoms with E-state index in [0.29, 0.717) is 19.3 Å². The lowest BCUT2D eigenvalue weighted by Crippen LogP contribution is -2.37. The first kappa shape index (κ1) is 14.8. The Balaban J connectivity index is 1.92. The van der Waals surface area contributed by atoms with E-state index >= 15 is 0 Å². The molecule has 0 radical (unpaired) electrons. The van der Waals surface area contributed by atoms with E-state index < -0.39 is 5.97 Å². The maximum absolute atomic E-state index is 11.9.